The highest BCUT2D eigenvalue weighted by molar-refractivity contribution is 8.67. The summed E-state index contributed by atoms with van der Waals surface area (Å²) in [7, 11) is 0. The topological polar surface area (TPSA) is 29.5 Å². The van der Waals surface area contributed by atoms with E-state index in [0.717, 1.165) is 11.1 Å². The van der Waals surface area contributed by atoms with E-state index in [2.05, 4.69) is 5.92 Å². The fraction of sp³-hybridized carbons (Fsp3) is 0.222. The summed E-state index contributed by atoms with van der Waals surface area (Å²) < 4.78 is 5.62. The zero-order chi connectivity index (χ0) is 16.7. The average molecular weight is 362 g/mol. The van der Waals surface area contributed by atoms with Crippen molar-refractivity contribution in [3.05, 3.63) is 71.8 Å². The Morgan fingerprint density at radius 1 is 1.13 bits per heavy atom. The second-order valence-electron chi connectivity index (χ2n) is 4.94. The molecule has 0 heterocycles. The second-order valence-corrected chi connectivity index (χ2v) is 11.1. The lowest BCUT2D eigenvalue weighted by molar-refractivity contribution is 0.260. The standard InChI is InChI=1S/C18H19O2PS2/c1-3-17(4-2)20-21(19,22)23-18(15-11-7-5-8-12-15)16-13-9-6-10-14-16/h1,5-14,17-18H,4H2,2H3,(H,19,22)/t17-,21?/m1/s1. The Labute approximate surface area is 147 Å². The predicted octanol–water partition coefficient (Wildman–Crippen LogP) is 5.15. The van der Waals surface area contributed by atoms with Gasteiger partial charge in [0.25, 0.3) is 0 Å². The van der Waals surface area contributed by atoms with Gasteiger partial charge in [0, 0.05) is 0 Å². The minimum absolute atomic E-state index is 0.0940. The number of terminal acetylenes is 1. The lowest BCUT2D eigenvalue weighted by atomic mass is 10.0. The fourth-order valence-electron chi connectivity index (χ4n) is 2.11. The van der Waals surface area contributed by atoms with Gasteiger partial charge in [-0.05, 0) is 29.4 Å². The van der Waals surface area contributed by atoms with Gasteiger partial charge in [-0.3, -0.25) is 0 Å². The Morgan fingerprint density at radius 3 is 2.00 bits per heavy atom. The largest absolute Gasteiger partial charge is 0.337 e. The van der Waals surface area contributed by atoms with Crippen molar-refractivity contribution in [1.82, 2.24) is 0 Å². The average Bonchev–Trinajstić information content (AvgIpc) is 2.59. The first-order chi connectivity index (χ1) is 11.1. The fourth-order valence-corrected chi connectivity index (χ4v) is 6.59. The van der Waals surface area contributed by atoms with Gasteiger partial charge in [0.05, 0.1) is 5.25 Å². The van der Waals surface area contributed by atoms with Gasteiger partial charge in [-0.25, -0.2) is 0 Å². The molecule has 2 atom stereocenters. The minimum atomic E-state index is -3.06. The van der Waals surface area contributed by atoms with Crippen molar-refractivity contribution < 1.29 is 9.42 Å². The first kappa shape index (κ1) is 18.3. The van der Waals surface area contributed by atoms with Gasteiger partial charge >= 0.3 is 0 Å². The van der Waals surface area contributed by atoms with Crippen molar-refractivity contribution in [2.45, 2.75) is 24.7 Å². The van der Waals surface area contributed by atoms with Gasteiger partial charge in [0.15, 0.2) is 0 Å². The van der Waals surface area contributed by atoms with E-state index in [1.807, 2.05) is 67.6 Å². The summed E-state index contributed by atoms with van der Waals surface area (Å²) in [6.45, 7) is 1.91. The summed E-state index contributed by atoms with van der Waals surface area (Å²) >= 11 is 6.62. The Bertz CT molecular complexity index is 658. The van der Waals surface area contributed by atoms with E-state index in [1.165, 1.54) is 11.4 Å². The van der Waals surface area contributed by atoms with Crippen LogP contribution in [0.25, 0.3) is 0 Å². The molecule has 2 nitrogen and oxygen atoms in total. The number of benzene rings is 2. The van der Waals surface area contributed by atoms with Crippen molar-refractivity contribution in [3.63, 3.8) is 0 Å². The highest BCUT2D eigenvalue weighted by Crippen LogP contribution is 2.64. The second kappa shape index (κ2) is 8.68. The van der Waals surface area contributed by atoms with Crippen LogP contribution in [0.1, 0.15) is 29.7 Å². The van der Waals surface area contributed by atoms with E-state index in [9.17, 15) is 4.89 Å². The maximum atomic E-state index is 10.6. The van der Waals surface area contributed by atoms with E-state index < -0.39 is 11.8 Å². The molecular formula is C18H19O2PS2. The molecule has 0 aliphatic carbocycles. The molecule has 2 aromatic carbocycles. The maximum Gasteiger partial charge on any atom is 0.246 e. The van der Waals surface area contributed by atoms with Crippen molar-refractivity contribution in [2.24, 2.45) is 0 Å². The molecule has 0 fully saturated rings. The Morgan fingerprint density at radius 2 is 1.61 bits per heavy atom. The number of hydrogen-bond donors (Lipinski definition) is 1. The molecule has 120 valence electrons. The van der Waals surface area contributed by atoms with Crippen molar-refractivity contribution in [1.29, 1.82) is 0 Å². The number of hydrogen-bond acceptors (Lipinski definition) is 3. The van der Waals surface area contributed by atoms with E-state index in [4.69, 9.17) is 22.8 Å². The van der Waals surface area contributed by atoms with Gasteiger partial charge in [0.2, 0.25) is 5.69 Å². The third kappa shape index (κ3) is 5.49. The van der Waals surface area contributed by atoms with Crippen LogP contribution < -0.4 is 0 Å². The molecule has 1 N–H and O–H groups in total. The van der Waals surface area contributed by atoms with Crippen LogP contribution in [0.5, 0.6) is 0 Å². The van der Waals surface area contributed by atoms with Gasteiger partial charge in [-0.1, -0.05) is 84.9 Å². The normalized spacial score (nSPS) is 14.9. The smallest absolute Gasteiger partial charge is 0.246 e. The van der Waals surface area contributed by atoms with Crippen molar-refractivity contribution in [3.8, 4) is 12.3 Å². The van der Waals surface area contributed by atoms with E-state index >= 15 is 0 Å². The number of rotatable bonds is 7. The van der Waals surface area contributed by atoms with Crippen LogP contribution in [0.3, 0.4) is 0 Å². The molecule has 1 unspecified atom stereocenters. The highest BCUT2D eigenvalue weighted by Gasteiger charge is 2.27. The Hall–Kier alpha value is -1.08. The summed E-state index contributed by atoms with van der Waals surface area (Å²) in [5, 5.41) is -0.0940. The Kier molecular flexibility index (Phi) is 6.89. The summed E-state index contributed by atoms with van der Waals surface area (Å²) in [4.78, 5) is 10.6. The maximum absolute atomic E-state index is 10.6. The molecule has 0 amide bonds. The van der Waals surface area contributed by atoms with Crippen LogP contribution >= 0.6 is 17.1 Å². The summed E-state index contributed by atoms with van der Waals surface area (Å²) in [6.07, 6.45) is 5.59. The molecule has 0 saturated carbocycles. The zero-order valence-corrected chi connectivity index (χ0v) is 15.4. The highest BCUT2D eigenvalue weighted by atomic mass is 32.9. The quantitative estimate of drug-likeness (QED) is 0.545. The molecule has 2 aromatic rings. The van der Waals surface area contributed by atoms with Crippen LogP contribution in [-0.2, 0) is 16.3 Å². The summed E-state index contributed by atoms with van der Waals surface area (Å²) in [5.74, 6) is 2.53. The molecular weight excluding hydrogens is 343 g/mol. The SMILES string of the molecule is C#C[C@H](CC)OP(O)(=S)SC(c1ccccc1)c1ccccc1. The summed E-state index contributed by atoms with van der Waals surface area (Å²) in [5.41, 5.74) is -0.914. The van der Waals surface area contributed by atoms with Crippen LogP contribution in [-0.4, -0.2) is 11.0 Å². The predicted molar refractivity (Wildman–Crippen MR) is 103 cm³/mol. The minimum Gasteiger partial charge on any atom is -0.337 e. The van der Waals surface area contributed by atoms with E-state index in [1.54, 1.807) is 0 Å². The molecule has 0 aliphatic heterocycles. The van der Waals surface area contributed by atoms with Crippen molar-refractivity contribution in [2.75, 3.05) is 0 Å². The molecule has 2 rings (SSSR count). The van der Waals surface area contributed by atoms with Crippen LogP contribution in [0.4, 0.5) is 0 Å². The van der Waals surface area contributed by atoms with E-state index in [0.29, 0.717) is 6.42 Å². The van der Waals surface area contributed by atoms with Crippen LogP contribution in [0.15, 0.2) is 60.7 Å². The molecule has 5 heteroatoms. The lowest BCUT2D eigenvalue weighted by Crippen LogP contribution is -2.06. The van der Waals surface area contributed by atoms with Crippen LogP contribution in [0, 0.1) is 12.3 Å². The molecule has 0 bridgehead atoms. The molecule has 0 radical (unpaired) electrons. The van der Waals surface area contributed by atoms with Gasteiger partial charge in [0.1, 0.15) is 6.10 Å². The molecule has 0 aliphatic rings. The third-order valence-corrected chi connectivity index (χ3v) is 7.53. The Balaban J connectivity index is 2.29. The third-order valence-electron chi connectivity index (χ3n) is 3.26. The van der Waals surface area contributed by atoms with Gasteiger partial charge in [-0.15, -0.1) is 6.42 Å². The molecule has 0 spiro atoms. The molecule has 0 aromatic heterocycles. The van der Waals surface area contributed by atoms with Crippen molar-refractivity contribution >= 4 is 28.9 Å². The summed E-state index contributed by atoms with van der Waals surface area (Å²) in [6, 6.07) is 19.9. The van der Waals surface area contributed by atoms with Gasteiger partial charge < -0.3 is 9.42 Å². The first-order valence-corrected chi connectivity index (χ1v) is 11.5. The molecule has 0 saturated heterocycles. The first-order valence-electron chi connectivity index (χ1n) is 7.31. The lowest BCUT2D eigenvalue weighted by Gasteiger charge is -2.24. The zero-order valence-electron chi connectivity index (χ0n) is 12.8. The van der Waals surface area contributed by atoms with Gasteiger partial charge in [-0.2, -0.15) is 0 Å². The van der Waals surface area contributed by atoms with Crippen LogP contribution in [0.2, 0.25) is 0 Å². The monoisotopic (exact) mass is 362 g/mol. The van der Waals surface area contributed by atoms with E-state index in [-0.39, 0.29) is 5.25 Å². The molecule has 23 heavy (non-hydrogen) atoms.